The molecule has 0 bridgehead atoms. The lowest BCUT2D eigenvalue weighted by atomic mass is 9.84. The fourth-order valence-corrected chi connectivity index (χ4v) is 3.14. The lowest BCUT2D eigenvalue weighted by Gasteiger charge is -2.36. The van der Waals surface area contributed by atoms with Crippen molar-refractivity contribution >= 4 is 5.97 Å². The van der Waals surface area contributed by atoms with Crippen LogP contribution in [0.25, 0.3) is 0 Å². The zero-order valence-electron chi connectivity index (χ0n) is 10.2. The van der Waals surface area contributed by atoms with Crippen molar-refractivity contribution in [2.75, 3.05) is 19.6 Å². The Hall–Kier alpha value is -0.570. The Morgan fingerprint density at radius 2 is 1.88 bits per heavy atom. The lowest BCUT2D eigenvalue weighted by Crippen LogP contribution is -2.44. The minimum absolute atomic E-state index is 0.416. The van der Waals surface area contributed by atoms with Gasteiger partial charge in [-0.05, 0) is 44.7 Å². The van der Waals surface area contributed by atoms with Gasteiger partial charge < -0.3 is 10.0 Å². The van der Waals surface area contributed by atoms with E-state index in [2.05, 4.69) is 11.8 Å². The Morgan fingerprint density at radius 3 is 2.38 bits per heavy atom. The molecule has 1 N–H and O–H groups in total. The van der Waals surface area contributed by atoms with Gasteiger partial charge in [-0.3, -0.25) is 4.79 Å². The predicted molar refractivity (Wildman–Crippen MR) is 63.4 cm³/mol. The van der Waals surface area contributed by atoms with Crippen molar-refractivity contribution in [1.82, 2.24) is 4.90 Å². The van der Waals surface area contributed by atoms with Gasteiger partial charge in [0.15, 0.2) is 0 Å². The van der Waals surface area contributed by atoms with Gasteiger partial charge in [0.05, 0.1) is 5.41 Å². The molecular weight excluding hydrogens is 202 g/mol. The predicted octanol–water partition coefficient (Wildman–Crippen LogP) is 2.36. The highest BCUT2D eigenvalue weighted by atomic mass is 16.4. The van der Waals surface area contributed by atoms with E-state index in [1.807, 2.05) is 0 Å². The summed E-state index contributed by atoms with van der Waals surface area (Å²) in [5, 5.41) is 9.42. The van der Waals surface area contributed by atoms with Crippen molar-refractivity contribution in [3.05, 3.63) is 0 Å². The number of hydrogen-bond donors (Lipinski definition) is 1. The summed E-state index contributed by atoms with van der Waals surface area (Å²) in [5.41, 5.74) is -0.416. The first-order valence-electron chi connectivity index (χ1n) is 6.58. The molecule has 0 unspecified atom stereocenters. The van der Waals surface area contributed by atoms with E-state index in [1.54, 1.807) is 0 Å². The molecule has 2 aliphatic rings. The molecule has 2 rings (SSSR count). The van der Waals surface area contributed by atoms with E-state index in [9.17, 15) is 9.90 Å². The van der Waals surface area contributed by atoms with Gasteiger partial charge in [-0.25, -0.2) is 0 Å². The quantitative estimate of drug-likeness (QED) is 0.801. The molecule has 0 spiro atoms. The van der Waals surface area contributed by atoms with E-state index in [0.29, 0.717) is 0 Å². The van der Waals surface area contributed by atoms with Crippen LogP contribution in [0.4, 0.5) is 0 Å². The summed E-state index contributed by atoms with van der Waals surface area (Å²) in [4.78, 5) is 13.8. The van der Waals surface area contributed by atoms with Crippen LogP contribution in [0.2, 0.25) is 0 Å². The zero-order chi connectivity index (χ0) is 11.6. The van der Waals surface area contributed by atoms with Crippen LogP contribution in [0.1, 0.15) is 45.4 Å². The summed E-state index contributed by atoms with van der Waals surface area (Å²) in [7, 11) is 0. The van der Waals surface area contributed by atoms with Crippen LogP contribution in [0.3, 0.4) is 0 Å². The summed E-state index contributed by atoms with van der Waals surface area (Å²) < 4.78 is 0. The first-order valence-corrected chi connectivity index (χ1v) is 6.58. The first-order chi connectivity index (χ1) is 7.62. The monoisotopic (exact) mass is 225 g/mol. The molecule has 3 heteroatoms. The molecule has 1 saturated heterocycles. The number of piperidine rings is 1. The van der Waals surface area contributed by atoms with E-state index >= 15 is 0 Å². The van der Waals surface area contributed by atoms with Crippen LogP contribution in [-0.4, -0.2) is 35.6 Å². The highest BCUT2D eigenvalue weighted by Gasteiger charge is 2.42. The molecule has 2 fully saturated rings. The van der Waals surface area contributed by atoms with Crippen molar-refractivity contribution in [3.63, 3.8) is 0 Å². The van der Waals surface area contributed by atoms with Crippen LogP contribution < -0.4 is 0 Å². The molecule has 16 heavy (non-hydrogen) atoms. The Morgan fingerprint density at radius 1 is 1.31 bits per heavy atom. The highest BCUT2D eigenvalue weighted by molar-refractivity contribution is 5.75. The van der Waals surface area contributed by atoms with Crippen LogP contribution in [-0.2, 0) is 4.79 Å². The Bertz CT molecular complexity index is 251. The van der Waals surface area contributed by atoms with Gasteiger partial charge in [0.25, 0.3) is 0 Å². The number of hydrogen-bond acceptors (Lipinski definition) is 2. The normalized spacial score (nSPS) is 27.1. The van der Waals surface area contributed by atoms with Gasteiger partial charge in [0, 0.05) is 6.54 Å². The molecule has 0 aromatic carbocycles. The van der Waals surface area contributed by atoms with E-state index in [-0.39, 0.29) is 0 Å². The summed E-state index contributed by atoms with van der Waals surface area (Å²) in [6.07, 6.45) is 6.42. The average Bonchev–Trinajstić information content (AvgIpc) is 2.71. The average molecular weight is 225 g/mol. The Kier molecular flexibility index (Phi) is 3.53. The molecule has 1 aliphatic carbocycles. The number of carboxylic acids is 1. The molecule has 0 amide bonds. The first kappa shape index (κ1) is 11.9. The molecule has 1 aliphatic heterocycles. The summed E-state index contributed by atoms with van der Waals surface area (Å²) in [6.45, 7) is 5.27. The van der Waals surface area contributed by atoms with E-state index in [1.165, 1.54) is 12.8 Å². The smallest absolute Gasteiger partial charge is 0.310 e. The third kappa shape index (κ3) is 2.40. The molecular formula is C13H23NO2. The van der Waals surface area contributed by atoms with Gasteiger partial charge in [-0.1, -0.05) is 19.8 Å². The van der Waals surface area contributed by atoms with Gasteiger partial charge in [0.1, 0.15) is 0 Å². The molecule has 1 heterocycles. The van der Waals surface area contributed by atoms with Crippen molar-refractivity contribution in [3.8, 4) is 0 Å². The topological polar surface area (TPSA) is 40.5 Å². The number of likely N-dealkylation sites (tertiary alicyclic amines) is 1. The molecule has 0 aromatic heterocycles. The number of carbonyl (C=O) groups is 1. The maximum atomic E-state index is 11.4. The number of nitrogens with zero attached hydrogens (tertiary/aromatic N) is 1. The summed E-state index contributed by atoms with van der Waals surface area (Å²) in [5.74, 6) is 0.254. The van der Waals surface area contributed by atoms with Crippen molar-refractivity contribution in [2.24, 2.45) is 11.3 Å². The van der Waals surface area contributed by atoms with Crippen LogP contribution in [0.5, 0.6) is 0 Å². The Labute approximate surface area is 97.8 Å². The van der Waals surface area contributed by atoms with E-state index in [0.717, 1.165) is 51.2 Å². The molecule has 0 aromatic rings. The second-order valence-electron chi connectivity index (χ2n) is 5.75. The third-order valence-electron chi connectivity index (χ3n) is 4.42. The minimum Gasteiger partial charge on any atom is -0.481 e. The molecule has 0 radical (unpaired) electrons. The lowest BCUT2D eigenvalue weighted by molar-refractivity contribution is -0.150. The highest BCUT2D eigenvalue weighted by Crippen LogP contribution is 2.39. The van der Waals surface area contributed by atoms with Gasteiger partial charge in [-0.2, -0.15) is 0 Å². The number of carboxylic acid groups (broad SMARTS) is 1. The largest absolute Gasteiger partial charge is 0.481 e. The maximum absolute atomic E-state index is 11.4. The Balaban J connectivity index is 1.93. The van der Waals surface area contributed by atoms with Gasteiger partial charge in [-0.15, -0.1) is 0 Å². The standard InChI is InChI=1S/C13H23NO2/c1-11-4-8-14(9-5-11)10-13(12(15)16)6-2-3-7-13/h11H,2-10H2,1H3,(H,15,16). The SMILES string of the molecule is CC1CCN(CC2(C(=O)O)CCCC2)CC1. The summed E-state index contributed by atoms with van der Waals surface area (Å²) in [6, 6.07) is 0. The second-order valence-corrected chi connectivity index (χ2v) is 5.75. The molecule has 1 saturated carbocycles. The third-order valence-corrected chi connectivity index (χ3v) is 4.42. The summed E-state index contributed by atoms with van der Waals surface area (Å²) >= 11 is 0. The van der Waals surface area contributed by atoms with Crippen molar-refractivity contribution in [2.45, 2.75) is 45.4 Å². The van der Waals surface area contributed by atoms with Crippen molar-refractivity contribution < 1.29 is 9.90 Å². The minimum atomic E-state index is -0.566. The fraction of sp³-hybridized carbons (Fsp3) is 0.923. The van der Waals surface area contributed by atoms with E-state index in [4.69, 9.17) is 0 Å². The van der Waals surface area contributed by atoms with E-state index < -0.39 is 11.4 Å². The second kappa shape index (κ2) is 4.74. The van der Waals surface area contributed by atoms with Crippen LogP contribution >= 0.6 is 0 Å². The van der Waals surface area contributed by atoms with Crippen LogP contribution in [0.15, 0.2) is 0 Å². The molecule has 0 atom stereocenters. The van der Waals surface area contributed by atoms with Crippen molar-refractivity contribution in [1.29, 1.82) is 0 Å². The van der Waals surface area contributed by atoms with Gasteiger partial charge in [0.2, 0.25) is 0 Å². The van der Waals surface area contributed by atoms with Crippen LogP contribution in [0, 0.1) is 11.3 Å². The number of rotatable bonds is 3. The fourth-order valence-electron chi connectivity index (χ4n) is 3.14. The molecule has 92 valence electrons. The zero-order valence-corrected chi connectivity index (χ0v) is 10.2. The molecule has 3 nitrogen and oxygen atoms in total. The number of aliphatic carboxylic acids is 1. The van der Waals surface area contributed by atoms with Gasteiger partial charge >= 0.3 is 5.97 Å². The maximum Gasteiger partial charge on any atom is 0.310 e.